The van der Waals surface area contributed by atoms with E-state index >= 15 is 0 Å². The molecule has 2 aromatic heterocycles. The Balaban J connectivity index is 1.60. The topological polar surface area (TPSA) is 89.2 Å². The number of hydrogen-bond acceptors (Lipinski definition) is 4. The number of aromatic nitrogens is 2. The van der Waals surface area contributed by atoms with E-state index in [-0.39, 0.29) is 0 Å². The molecule has 37 heavy (non-hydrogen) atoms. The van der Waals surface area contributed by atoms with Gasteiger partial charge in [0.25, 0.3) is 0 Å². The van der Waals surface area contributed by atoms with Gasteiger partial charge in [-0.25, -0.2) is 0 Å². The molecule has 0 aliphatic heterocycles. The van der Waals surface area contributed by atoms with Gasteiger partial charge in [-0.3, -0.25) is 4.98 Å². The van der Waals surface area contributed by atoms with Crippen molar-refractivity contribution < 1.29 is 0 Å². The van der Waals surface area contributed by atoms with Crippen LogP contribution in [0.1, 0.15) is 16.7 Å². The second-order valence-corrected chi connectivity index (χ2v) is 8.65. The lowest BCUT2D eigenvalue weighted by atomic mass is 9.97. The minimum absolute atomic E-state index is 0.462. The Bertz CT molecular complexity index is 1960. The number of para-hydroxylation sites is 1. The molecule has 6 aromatic rings. The van der Waals surface area contributed by atoms with Crippen LogP contribution in [-0.2, 0) is 0 Å². The van der Waals surface area contributed by atoms with Crippen molar-refractivity contribution in [1.82, 2.24) is 9.55 Å². The van der Waals surface area contributed by atoms with Crippen LogP contribution in [0.4, 0.5) is 0 Å². The second kappa shape index (κ2) is 8.82. The van der Waals surface area contributed by atoms with Gasteiger partial charge in [0.1, 0.15) is 0 Å². The molecular weight excluding hydrogens is 454 g/mol. The van der Waals surface area contributed by atoms with Crippen LogP contribution in [0.5, 0.6) is 0 Å². The third-order valence-corrected chi connectivity index (χ3v) is 6.63. The third kappa shape index (κ3) is 3.58. The Kier molecular flexibility index (Phi) is 5.20. The summed E-state index contributed by atoms with van der Waals surface area (Å²) in [7, 11) is 0. The molecule has 0 N–H and O–H groups in total. The lowest BCUT2D eigenvalue weighted by Gasteiger charge is -2.12. The van der Waals surface area contributed by atoms with Gasteiger partial charge in [0, 0.05) is 34.4 Å². The smallest absolute Gasteiger partial charge is 0.0998 e. The molecule has 0 radical (unpaired) electrons. The minimum Gasteiger partial charge on any atom is -0.309 e. The monoisotopic (exact) mass is 471 g/mol. The highest BCUT2D eigenvalue weighted by atomic mass is 15.0. The molecule has 0 spiro atoms. The summed E-state index contributed by atoms with van der Waals surface area (Å²) in [5, 5.41) is 30.8. The van der Waals surface area contributed by atoms with Crippen molar-refractivity contribution in [3.63, 3.8) is 0 Å². The van der Waals surface area contributed by atoms with Crippen molar-refractivity contribution >= 4 is 21.8 Å². The largest absolute Gasteiger partial charge is 0.309 e. The molecule has 5 heteroatoms. The molecule has 0 aliphatic carbocycles. The Morgan fingerprint density at radius 1 is 0.568 bits per heavy atom. The Hall–Kier alpha value is -5.70. The van der Waals surface area contributed by atoms with E-state index in [0.717, 1.165) is 49.7 Å². The number of nitriles is 3. The maximum absolute atomic E-state index is 9.75. The fourth-order valence-electron chi connectivity index (χ4n) is 4.92. The van der Waals surface area contributed by atoms with Crippen LogP contribution >= 0.6 is 0 Å². The predicted octanol–water partition coefficient (Wildman–Crippen LogP) is 7.13. The van der Waals surface area contributed by atoms with Crippen molar-refractivity contribution in [2.75, 3.05) is 0 Å². The van der Waals surface area contributed by atoms with Crippen LogP contribution in [0, 0.1) is 34.0 Å². The van der Waals surface area contributed by atoms with Gasteiger partial charge in [-0.05, 0) is 77.4 Å². The van der Waals surface area contributed by atoms with Crippen LogP contribution in [0.3, 0.4) is 0 Å². The number of hydrogen-bond donors (Lipinski definition) is 0. The summed E-state index contributed by atoms with van der Waals surface area (Å²) < 4.78 is 2.20. The van der Waals surface area contributed by atoms with Gasteiger partial charge in [0.15, 0.2) is 0 Å². The number of nitrogens with zero attached hydrogens (tertiary/aromatic N) is 5. The van der Waals surface area contributed by atoms with E-state index in [1.165, 1.54) is 0 Å². The van der Waals surface area contributed by atoms with Crippen LogP contribution in [0.2, 0.25) is 0 Å². The van der Waals surface area contributed by atoms with E-state index in [0.29, 0.717) is 16.7 Å². The zero-order valence-corrected chi connectivity index (χ0v) is 19.6. The molecule has 0 atom stereocenters. The van der Waals surface area contributed by atoms with Gasteiger partial charge in [0.2, 0.25) is 0 Å². The molecule has 0 saturated heterocycles. The highest BCUT2D eigenvalue weighted by Crippen LogP contribution is 2.37. The predicted molar refractivity (Wildman–Crippen MR) is 144 cm³/mol. The SMILES string of the molecule is N#Cc1ccc(-c2ccc3c(c2)c2ccccc2n3-c2ccc(C#N)c(-c3ccncc3)c2)c(C#N)c1. The van der Waals surface area contributed by atoms with E-state index in [2.05, 4.69) is 52.0 Å². The first kappa shape index (κ1) is 21.8. The van der Waals surface area contributed by atoms with Gasteiger partial charge < -0.3 is 4.57 Å². The molecule has 0 fully saturated rings. The molecule has 0 unspecified atom stereocenters. The normalized spacial score (nSPS) is 10.6. The van der Waals surface area contributed by atoms with Crippen molar-refractivity contribution in [3.05, 3.63) is 120 Å². The van der Waals surface area contributed by atoms with Crippen LogP contribution < -0.4 is 0 Å². The number of rotatable bonds is 3. The van der Waals surface area contributed by atoms with Gasteiger partial charge in [-0.2, -0.15) is 15.8 Å². The summed E-state index contributed by atoms with van der Waals surface area (Å²) in [5.41, 5.74) is 8.02. The third-order valence-electron chi connectivity index (χ3n) is 6.63. The molecule has 4 aromatic carbocycles. The molecule has 170 valence electrons. The van der Waals surface area contributed by atoms with E-state index in [9.17, 15) is 15.8 Å². The van der Waals surface area contributed by atoms with Crippen molar-refractivity contribution in [1.29, 1.82) is 15.8 Å². The quantitative estimate of drug-likeness (QED) is 0.275. The molecular formula is C32H17N5. The summed E-state index contributed by atoms with van der Waals surface area (Å²) in [6.07, 6.45) is 3.45. The zero-order chi connectivity index (χ0) is 25.4. The maximum Gasteiger partial charge on any atom is 0.0998 e. The second-order valence-electron chi connectivity index (χ2n) is 8.65. The van der Waals surface area contributed by atoms with Crippen LogP contribution in [-0.4, -0.2) is 9.55 Å². The van der Waals surface area contributed by atoms with Crippen molar-refractivity contribution in [2.24, 2.45) is 0 Å². The number of benzene rings is 4. The molecule has 6 rings (SSSR count). The van der Waals surface area contributed by atoms with E-state index in [4.69, 9.17) is 0 Å². The van der Waals surface area contributed by atoms with E-state index in [1.54, 1.807) is 24.5 Å². The van der Waals surface area contributed by atoms with Gasteiger partial charge >= 0.3 is 0 Å². The molecule has 2 heterocycles. The number of fused-ring (bicyclic) bond motifs is 3. The Morgan fingerprint density at radius 3 is 2.14 bits per heavy atom. The standard InChI is InChI=1S/C32H17N5/c33-18-21-5-9-27(25(15-21)20-35)23-7-10-32-30(16-23)28-3-1-2-4-31(28)37(32)26-8-6-24(19-34)29(17-26)22-11-13-36-14-12-22/h1-17H. The highest BCUT2D eigenvalue weighted by Gasteiger charge is 2.16. The zero-order valence-electron chi connectivity index (χ0n) is 19.6. The molecule has 0 saturated carbocycles. The summed E-state index contributed by atoms with van der Waals surface area (Å²) >= 11 is 0. The van der Waals surface area contributed by atoms with Crippen molar-refractivity contribution in [2.45, 2.75) is 0 Å². The highest BCUT2D eigenvalue weighted by molar-refractivity contribution is 6.10. The van der Waals surface area contributed by atoms with Gasteiger partial charge in [-0.1, -0.05) is 30.3 Å². The van der Waals surface area contributed by atoms with Gasteiger partial charge in [0.05, 0.1) is 45.9 Å². The number of pyridine rings is 1. The molecule has 5 nitrogen and oxygen atoms in total. The Labute approximate surface area is 213 Å². The molecule has 0 amide bonds. The minimum atomic E-state index is 0.462. The Morgan fingerprint density at radius 2 is 1.35 bits per heavy atom. The summed E-state index contributed by atoms with van der Waals surface area (Å²) in [6, 6.07) is 35.9. The molecule has 0 bridgehead atoms. The van der Waals surface area contributed by atoms with E-state index in [1.807, 2.05) is 54.6 Å². The molecule has 0 aliphatic rings. The summed E-state index contributed by atoms with van der Waals surface area (Å²) in [4.78, 5) is 4.11. The first-order valence-electron chi connectivity index (χ1n) is 11.6. The van der Waals surface area contributed by atoms with Gasteiger partial charge in [-0.15, -0.1) is 0 Å². The summed E-state index contributed by atoms with van der Waals surface area (Å²) in [5.74, 6) is 0. The first-order chi connectivity index (χ1) is 18.2. The first-order valence-corrected chi connectivity index (χ1v) is 11.6. The lowest BCUT2D eigenvalue weighted by Crippen LogP contribution is -1.96. The fraction of sp³-hybridized carbons (Fsp3) is 0. The van der Waals surface area contributed by atoms with Crippen LogP contribution in [0.15, 0.2) is 103 Å². The fourth-order valence-corrected chi connectivity index (χ4v) is 4.92. The average molecular weight is 472 g/mol. The average Bonchev–Trinajstić information content (AvgIpc) is 3.30. The lowest BCUT2D eigenvalue weighted by molar-refractivity contribution is 1.18. The van der Waals surface area contributed by atoms with Crippen molar-refractivity contribution in [3.8, 4) is 46.1 Å². The van der Waals surface area contributed by atoms with Crippen LogP contribution in [0.25, 0.3) is 49.7 Å². The van der Waals surface area contributed by atoms with E-state index < -0.39 is 0 Å². The summed E-state index contributed by atoms with van der Waals surface area (Å²) in [6.45, 7) is 0. The maximum atomic E-state index is 9.75.